The zero-order valence-corrected chi connectivity index (χ0v) is 12.3. The monoisotopic (exact) mass is 306 g/mol. The van der Waals surface area contributed by atoms with E-state index in [4.69, 9.17) is 0 Å². The lowest BCUT2D eigenvalue weighted by Gasteiger charge is -2.36. The lowest BCUT2D eigenvalue weighted by Crippen LogP contribution is -2.40. The molecule has 1 saturated carbocycles. The quantitative estimate of drug-likeness (QED) is 0.876. The van der Waals surface area contributed by atoms with Crippen molar-refractivity contribution in [2.75, 3.05) is 5.32 Å². The standard InChI is InChI=1S/C15H19BrN2/c1-2-12-7-9-15(11-17,10-8-12)18-14-6-4-3-5-13(14)16/h3-6,12,18H,2,7-10H2,1H3. The maximum Gasteiger partial charge on any atom is 0.125 e. The van der Waals surface area contributed by atoms with Crippen molar-refractivity contribution in [3.8, 4) is 6.07 Å². The summed E-state index contributed by atoms with van der Waals surface area (Å²) in [6, 6.07) is 10.5. The van der Waals surface area contributed by atoms with Crippen LogP contribution >= 0.6 is 15.9 Å². The van der Waals surface area contributed by atoms with Gasteiger partial charge in [0.05, 0.1) is 6.07 Å². The molecule has 1 N–H and O–H groups in total. The number of nitrogens with zero attached hydrogens (tertiary/aromatic N) is 1. The van der Waals surface area contributed by atoms with Gasteiger partial charge in [0.15, 0.2) is 0 Å². The number of rotatable bonds is 3. The van der Waals surface area contributed by atoms with Gasteiger partial charge in [-0.2, -0.15) is 5.26 Å². The smallest absolute Gasteiger partial charge is 0.125 e. The fourth-order valence-electron chi connectivity index (χ4n) is 2.66. The maximum absolute atomic E-state index is 9.52. The van der Waals surface area contributed by atoms with Crippen LogP contribution in [-0.4, -0.2) is 5.54 Å². The molecule has 0 heterocycles. The Balaban J connectivity index is 2.11. The number of hydrogen-bond donors (Lipinski definition) is 1. The highest BCUT2D eigenvalue weighted by Gasteiger charge is 2.35. The van der Waals surface area contributed by atoms with Gasteiger partial charge in [0, 0.05) is 10.2 Å². The molecule has 0 saturated heterocycles. The molecule has 96 valence electrons. The van der Waals surface area contributed by atoms with Gasteiger partial charge in [0.25, 0.3) is 0 Å². The van der Waals surface area contributed by atoms with Gasteiger partial charge >= 0.3 is 0 Å². The summed E-state index contributed by atoms with van der Waals surface area (Å²) in [6.07, 6.45) is 5.44. The molecular weight excluding hydrogens is 288 g/mol. The number of nitriles is 1. The van der Waals surface area contributed by atoms with Crippen LogP contribution < -0.4 is 5.32 Å². The summed E-state index contributed by atoms with van der Waals surface area (Å²) in [4.78, 5) is 0. The van der Waals surface area contributed by atoms with E-state index < -0.39 is 0 Å². The van der Waals surface area contributed by atoms with Gasteiger partial charge in [-0.1, -0.05) is 25.5 Å². The molecular formula is C15H19BrN2. The molecule has 0 radical (unpaired) electrons. The molecule has 0 unspecified atom stereocenters. The van der Waals surface area contributed by atoms with Crippen molar-refractivity contribution in [1.29, 1.82) is 5.26 Å². The minimum Gasteiger partial charge on any atom is -0.366 e. The summed E-state index contributed by atoms with van der Waals surface area (Å²) in [7, 11) is 0. The first-order valence-corrected chi connectivity index (χ1v) is 7.42. The van der Waals surface area contributed by atoms with E-state index in [-0.39, 0.29) is 5.54 Å². The lowest BCUT2D eigenvalue weighted by atomic mass is 9.76. The van der Waals surface area contributed by atoms with Gasteiger partial charge in [0.1, 0.15) is 5.54 Å². The van der Waals surface area contributed by atoms with Gasteiger partial charge in [-0.25, -0.2) is 0 Å². The molecule has 3 heteroatoms. The summed E-state index contributed by atoms with van der Waals surface area (Å²) in [6.45, 7) is 2.24. The topological polar surface area (TPSA) is 35.8 Å². The third-order valence-corrected chi connectivity index (χ3v) is 4.69. The first-order chi connectivity index (χ1) is 8.69. The Morgan fingerprint density at radius 3 is 2.61 bits per heavy atom. The van der Waals surface area contributed by atoms with Crippen LogP contribution in [0.2, 0.25) is 0 Å². The zero-order chi connectivity index (χ0) is 13.0. The van der Waals surface area contributed by atoms with Crippen molar-refractivity contribution >= 4 is 21.6 Å². The number of para-hydroxylation sites is 1. The summed E-state index contributed by atoms with van der Waals surface area (Å²) in [5.41, 5.74) is 0.643. The van der Waals surface area contributed by atoms with Crippen LogP contribution in [0.4, 0.5) is 5.69 Å². The highest BCUT2D eigenvalue weighted by molar-refractivity contribution is 9.10. The number of halogens is 1. The number of anilines is 1. The second-order valence-corrected chi connectivity index (χ2v) is 6.00. The molecule has 1 fully saturated rings. The summed E-state index contributed by atoms with van der Waals surface area (Å²) in [5, 5.41) is 13.0. The van der Waals surface area contributed by atoms with Crippen LogP contribution in [0.5, 0.6) is 0 Å². The van der Waals surface area contributed by atoms with E-state index in [1.54, 1.807) is 0 Å². The van der Waals surface area contributed by atoms with Crippen LogP contribution in [-0.2, 0) is 0 Å². The molecule has 0 amide bonds. The predicted octanol–water partition coefficient (Wildman–Crippen LogP) is 4.72. The molecule has 1 aromatic carbocycles. The van der Waals surface area contributed by atoms with E-state index in [1.165, 1.54) is 6.42 Å². The lowest BCUT2D eigenvalue weighted by molar-refractivity contribution is 0.290. The van der Waals surface area contributed by atoms with E-state index >= 15 is 0 Å². The molecule has 0 aliphatic heterocycles. The molecule has 1 aromatic rings. The Morgan fingerprint density at radius 1 is 1.39 bits per heavy atom. The highest BCUT2D eigenvalue weighted by Crippen LogP contribution is 2.37. The molecule has 2 nitrogen and oxygen atoms in total. The van der Waals surface area contributed by atoms with E-state index in [0.29, 0.717) is 0 Å². The van der Waals surface area contributed by atoms with Gasteiger partial charge in [-0.15, -0.1) is 0 Å². The summed E-state index contributed by atoms with van der Waals surface area (Å²) in [5.74, 6) is 0.799. The van der Waals surface area contributed by atoms with E-state index in [9.17, 15) is 5.26 Å². The molecule has 0 bridgehead atoms. The first-order valence-electron chi connectivity index (χ1n) is 6.63. The Morgan fingerprint density at radius 2 is 2.06 bits per heavy atom. The van der Waals surface area contributed by atoms with Crippen molar-refractivity contribution in [3.05, 3.63) is 28.7 Å². The van der Waals surface area contributed by atoms with Crippen LogP contribution in [0.25, 0.3) is 0 Å². The fraction of sp³-hybridized carbons (Fsp3) is 0.533. The number of benzene rings is 1. The highest BCUT2D eigenvalue weighted by atomic mass is 79.9. The molecule has 0 atom stereocenters. The minimum absolute atomic E-state index is 0.379. The molecule has 1 aliphatic carbocycles. The Hall–Kier alpha value is -1.01. The van der Waals surface area contributed by atoms with E-state index in [2.05, 4.69) is 34.2 Å². The minimum atomic E-state index is -0.379. The fourth-order valence-corrected chi connectivity index (χ4v) is 3.05. The third kappa shape index (κ3) is 2.87. The number of hydrogen-bond acceptors (Lipinski definition) is 2. The largest absolute Gasteiger partial charge is 0.366 e. The maximum atomic E-state index is 9.52. The van der Waals surface area contributed by atoms with Crippen molar-refractivity contribution in [2.24, 2.45) is 5.92 Å². The van der Waals surface area contributed by atoms with Crippen LogP contribution in [0.1, 0.15) is 39.0 Å². The average Bonchev–Trinajstić information content (AvgIpc) is 2.42. The van der Waals surface area contributed by atoms with Crippen molar-refractivity contribution < 1.29 is 0 Å². The molecule has 0 aromatic heterocycles. The second-order valence-electron chi connectivity index (χ2n) is 5.15. The molecule has 2 rings (SSSR count). The van der Waals surface area contributed by atoms with Crippen LogP contribution in [0.15, 0.2) is 28.7 Å². The van der Waals surface area contributed by atoms with Gasteiger partial charge < -0.3 is 5.32 Å². The van der Waals surface area contributed by atoms with Gasteiger partial charge in [0.2, 0.25) is 0 Å². The zero-order valence-electron chi connectivity index (χ0n) is 10.7. The predicted molar refractivity (Wildman–Crippen MR) is 78.4 cm³/mol. The Kier molecular flexibility index (Phi) is 4.29. The SMILES string of the molecule is CCC1CCC(C#N)(Nc2ccccc2Br)CC1. The Labute approximate surface area is 118 Å². The number of nitrogens with one attached hydrogen (secondary N) is 1. The van der Waals surface area contributed by atoms with E-state index in [1.807, 2.05) is 24.3 Å². The second kappa shape index (κ2) is 5.75. The molecule has 0 spiro atoms. The van der Waals surface area contributed by atoms with Crippen LogP contribution in [0.3, 0.4) is 0 Å². The van der Waals surface area contributed by atoms with Crippen LogP contribution in [0, 0.1) is 17.2 Å². The molecule has 18 heavy (non-hydrogen) atoms. The Bertz CT molecular complexity index is 442. The summed E-state index contributed by atoms with van der Waals surface area (Å²) >= 11 is 3.53. The summed E-state index contributed by atoms with van der Waals surface area (Å²) < 4.78 is 1.03. The van der Waals surface area contributed by atoms with Gasteiger partial charge in [-0.3, -0.25) is 0 Å². The van der Waals surface area contributed by atoms with Crippen molar-refractivity contribution in [1.82, 2.24) is 0 Å². The molecule has 1 aliphatic rings. The average molecular weight is 307 g/mol. The normalized spacial score (nSPS) is 27.5. The van der Waals surface area contributed by atoms with Crippen molar-refractivity contribution in [2.45, 2.75) is 44.6 Å². The first kappa shape index (κ1) is 13.4. The van der Waals surface area contributed by atoms with Gasteiger partial charge in [-0.05, 0) is 59.7 Å². The van der Waals surface area contributed by atoms with E-state index in [0.717, 1.165) is 41.8 Å². The van der Waals surface area contributed by atoms with Crippen molar-refractivity contribution in [3.63, 3.8) is 0 Å². The third-order valence-electron chi connectivity index (χ3n) is 4.00.